The van der Waals surface area contributed by atoms with Crippen molar-refractivity contribution < 1.29 is 9.15 Å². The van der Waals surface area contributed by atoms with Gasteiger partial charge in [-0.25, -0.2) is 0 Å². The van der Waals surface area contributed by atoms with Gasteiger partial charge < -0.3 is 19.4 Å². The van der Waals surface area contributed by atoms with Gasteiger partial charge in [0.2, 0.25) is 0 Å². The van der Waals surface area contributed by atoms with E-state index in [4.69, 9.17) is 9.15 Å². The molecule has 0 aromatic carbocycles. The summed E-state index contributed by atoms with van der Waals surface area (Å²) in [6, 6.07) is 0. The summed E-state index contributed by atoms with van der Waals surface area (Å²) in [5, 5.41) is 3.17. The molecule has 5 heteroatoms. The van der Waals surface area contributed by atoms with Crippen LogP contribution in [0.5, 0.6) is 6.08 Å². The smallest absolute Gasteiger partial charge is 0.393 e. The summed E-state index contributed by atoms with van der Waals surface area (Å²) in [5.41, 5.74) is 0.872. The molecule has 1 heterocycles. The molecule has 0 saturated carbocycles. The van der Waals surface area contributed by atoms with E-state index in [0.29, 0.717) is 12.7 Å². The molecule has 0 amide bonds. The van der Waals surface area contributed by atoms with Gasteiger partial charge in [0.1, 0.15) is 12.9 Å². The lowest BCUT2D eigenvalue weighted by atomic mass is 10.5. The van der Waals surface area contributed by atoms with Crippen molar-refractivity contribution >= 4 is 0 Å². The summed E-state index contributed by atoms with van der Waals surface area (Å²) >= 11 is 0. The van der Waals surface area contributed by atoms with Crippen LogP contribution in [-0.4, -0.2) is 43.7 Å². The SMILES string of the molecule is CCNCc1coc(OCCN(C)C)n1. The van der Waals surface area contributed by atoms with E-state index in [0.717, 1.165) is 25.3 Å². The summed E-state index contributed by atoms with van der Waals surface area (Å²) in [4.78, 5) is 6.22. The third-order valence-corrected chi connectivity index (χ3v) is 1.85. The highest BCUT2D eigenvalue weighted by Crippen LogP contribution is 2.09. The second-order valence-corrected chi connectivity index (χ2v) is 3.54. The third kappa shape index (κ3) is 4.80. The summed E-state index contributed by atoms with van der Waals surface area (Å²) in [6.07, 6.45) is 1.97. The Hall–Kier alpha value is -1.07. The van der Waals surface area contributed by atoms with Crippen molar-refractivity contribution in [3.63, 3.8) is 0 Å². The molecule has 86 valence electrons. The molecule has 0 spiro atoms. The monoisotopic (exact) mass is 213 g/mol. The number of nitrogens with one attached hydrogen (secondary N) is 1. The van der Waals surface area contributed by atoms with Gasteiger partial charge in [0.05, 0.1) is 5.69 Å². The van der Waals surface area contributed by atoms with Gasteiger partial charge in [0, 0.05) is 13.1 Å². The van der Waals surface area contributed by atoms with Gasteiger partial charge in [0.15, 0.2) is 0 Å². The van der Waals surface area contributed by atoms with Gasteiger partial charge in [-0.15, -0.1) is 0 Å². The van der Waals surface area contributed by atoms with Gasteiger partial charge in [0.25, 0.3) is 0 Å². The Morgan fingerprint density at radius 1 is 1.53 bits per heavy atom. The summed E-state index contributed by atoms with van der Waals surface area (Å²) in [5.74, 6) is 0. The fourth-order valence-corrected chi connectivity index (χ4v) is 1.00. The maximum Gasteiger partial charge on any atom is 0.393 e. The first-order chi connectivity index (χ1) is 7.22. The van der Waals surface area contributed by atoms with Crippen LogP contribution >= 0.6 is 0 Å². The molecule has 1 rings (SSSR count). The van der Waals surface area contributed by atoms with Crippen molar-refractivity contribution in [2.75, 3.05) is 33.8 Å². The van der Waals surface area contributed by atoms with Gasteiger partial charge in [-0.05, 0) is 20.6 Å². The van der Waals surface area contributed by atoms with Crippen LogP contribution in [0.25, 0.3) is 0 Å². The molecule has 1 aromatic heterocycles. The number of nitrogens with zero attached hydrogens (tertiary/aromatic N) is 2. The molecule has 0 bridgehead atoms. The minimum atomic E-state index is 0.352. The third-order valence-electron chi connectivity index (χ3n) is 1.85. The second-order valence-electron chi connectivity index (χ2n) is 3.54. The van der Waals surface area contributed by atoms with Gasteiger partial charge >= 0.3 is 6.08 Å². The van der Waals surface area contributed by atoms with Crippen molar-refractivity contribution in [3.8, 4) is 6.08 Å². The minimum Gasteiger partial charge on any atom is -0.449 e. The number of ether oxygens (including phenoxy) is 1. The lowest BCUT2D eigenvalue weighted by Crippen LogP contribution is -2.19. The molecule has 0 aliphatic rings. The molecular weight excluding hydrogens is 194 g/mol. The second kappa shape index (κ2) is 6.42. The maximum absolute atomic E-state index is 5.33. The van der Waals surface area contributed by atoms with Crippen molar-refractivity contribution in [1.82, 2.24) is 15.2 Å². The summed E-state index contributed by atoms with van der Waals surface area (Å²) in [7, 11) is 3.99. The van der Waals surface area contributed by atoms with Crippen LogP contribution in [0.2, 0.25) is 0 Å². The first kappa shape index (κ1) is 12.0. The van der Waals surface area contributed by atoms with E-state index in [1.165, 1.54) is 0 Å². The summed E-state index contributed by atoms with van der Waals surface area (Å²) in [6.45, 7) is 5.13. The standard InChI is InChI=1S/C10H19N3O2/c1-4-11-7-9-8-15-10(12-9)14-6-5-13(2)3/h8,11H,4-7H2,1-3H3. The quantitative estimate of drug-likeness (QED) is 0.723. The Kier molecular flexibility index (Phi) is 5.14. The highest BCUT2D eigenvalue weighted by Gasteiger charge is 2.04. The number of aromatic nitrogens is 1. The molecule has 15 heavy (non-hydrogen) atoms. The lowest BCUT2D eigenvalue weighted by molar-refractivity contribution is 0.203. The van der Waals surface area contributed by atoms with Crippen LogP contribution in [0, 0.1) is 0 Å². The minimum absolute atomic E-state index is 0.352. The predicted octanol–water partition coefficient (Wildman–Crippen LogP) is 0.724. The van der Waals surface area contributed by atoms with Crippen molar-refractivity contribution in [2.24, 2.45) is 0 Å². The van der Waals surface area contributed by atoms with Crippen LogP contribution < -0.4 is 10.1 Å². The fourth-order valence-electron chi connectivity index (χ4n) is 1.00. The Bertz CT molecular complexity index is 273. The zero-order chi connectivity index (χ0) is 11.1. The van der Waals surface area contributed by atoms with E-state index >= 15 is 0 Å². The van der Waals surface area contributed by atoms with E-state index in [-0.39, 0.29) is 0 Å². The number of oxazole rings is 1. The first-order valence-corrected chi connectivity index (χ1v) is 5.15. The maximum atomic E-state index is 5.33. The Balaban J connectivity index is 2.26. The zero-order valence-corrected chi connectivity index (χ0v) is 9.62. The molecule has 0 aliphatic heterocycles. The molecular formula is C10H19N3O2. The van der Waals surface area contributed by atoms with Gasteiger partial charge in [-0.1, -0.05) is 6.92 Å². The van der Waals surface area contributed by atoms with E-state index in [2.05, 4.69) is 17.2 Å². The Labute approximate surface area is 90.4 Å². The number of hydrogen-bond donors (Lipinski definition) is 1. The van der Waals surface area contributed by atoms with Crippen LogP contribution in [0.3, 0.4) is 0 Å². The number of rotatable bonds is 7. The Morgan fingerprint density at radius 2 is 2.33 bits per heavy atom. The molecule has 0 atom stereocenters. The van der Waals surface area contributed by atoms with Crippen LogP contribution in [-0.2, 0) is 6.54 Å². The average Bonchev–Trinajstić information content (AvgIpc) is 2.62. The van der Waals surface area contributed by atoms with Crippen molar-refractivity contribution in [1.29, 1.82) is 0 Å². The zero-order valence-electron chi connectivity index (χ0n) is 9.62. The van der Waals surface area contributed by atoms with E-state index in [1.807, 2.05) is 19.0 Å². The van der Waals surface area contributed by atoms with E-state index in [9.17, 15) is 0 Å². The van der Waals surface area contributed by atoms with Gasteiger partial charge in [-0.2, -0.15) is 4.98 Å². The number of likely N-dealkylation sites (N-methyl/N-ethyl adjacent to an activating group) is 1. The molecule has 0 fully saturated rings. The van der Waals surface area contributed by atoms with E-state index < -0.39 is 0 Å². The molecule has 0 saturated heterocycles. The van der Waals surface area contributed by atoms with Crippen LogP contribution in [0.15, 0.2) is 10.7 Å². The summed E-state index contributed by atoms with van der Waals surface area (Å²) < 4.78 is 10.5. The van der Waals surface area contributed by atoms with Crippen LogP contribution in [0.1, 0.15) is 12.6 Å². The largest absolute Gasteiger partial charge is 0.449 e. The highest BCUT2D eigenvalue weighted by molar-refractivity contribution is 4.99. The first-order valence-electron chi connectivity index (χ1n) is 5.15. The molecule has 0 radical (unpaired) electrons. The highest BCUT2D eigenvalue weighted by atomic mass is 16.6. The predicted molar refractivity (Wildman–Crippen MR) is 57.9 cm³/mol. The topological polar surface area (TPSA) is 50.5 Å². The molecule has 1 aromatic rings. The lowest BCUT2D eigenvalue weighted by Gasteiger charge is -2.07. The fraction of sp³-hybridized carbons (Fsp3) is 0.700. The molecule has 0 aliphatic carbocycles. The van der Waals surface area contributed by atoms with Gasteiger partial charge in [-0.3, -0.25) is 0 Å². The number of hydrogen-bond acceptors (Lipinski definition) is 5. The molecule has 1 N–H and O–H groups in total. The molecule has 5 nitrogen and oxygen atoms in total. The van der Waals surface area contributed by atoms with E-state index in [1.54, 1.807) is 6.26 Å². The van der Waals surface area contributed by atoms with Crippen molar-refractivity contribution in [2.45, 2.75) is 13.5 Å². The normalized spacial score (nSPS) is 10.9. The average molecular weight is 213 g/mol. The molecule has 0 unspecified atom stereocenters. The Morgan fingerprint density at radius 3 is 3.00 bits per heavy atom. The van der Waals surface area contributed by atoms with Crippen molar-refractivity contribution in [3.05, 3.63) is 12.0 Å². The van der Waals surface area contributed by atoms with Crippen LogP contribution in [0.4, 0.5) is 0 Å².